The van der Waals surface area contributed by atoms with Crippen LogP contribution in [0.1, 0.15) is 18.5 Å². The lowest BCUT2D eigenvalue weighted by Gasteiger charge is -2.13. The molecule has 0 amide bonds. The predicted octanol–water partition coefficient (Wildman–Crippen LogP) is 1.17. The Morgan fingerprint density at radius 1 is 1.47 bits per heavy atom. The molecule has 1 rings (SSSR count). The normalized spacial score (nSPS) is 11.7. The van der Waals surface area contributed by atoms with Crippen LogP contribution in [0.4, 0.5) is 0 Å². The fraction of sp³-hybridized carbons (Fsp3) is 0.400. The Labute approximate surface area is 95.6 Å². The van der Waals surface area contributed by atoms with Crippen LogP contribution >= 0.6 is 12.4 Å². The molecular formula is C10H17ClN2O2. The van der Waals surface area contributed by atoms with Crippen molar-refractivity contribution in [1.29, 1.82) is 0 Å². The van der Waals surface area contributed by atoms with Crippen LogP contribution in [-0.2, 0) is 0 Å². The molecule has 0 heterocycles. The van der Waals surface area contributed by atoms with Crippen molar-refractivity contribution in [3.05, 3.63) is 23.8 Å². The molecule has 0 radical (unpaired) electrons. The third kappa shape index (κ3) is 3.27. The molecular weight excluding hydrogens is 216 g/mol. The van der Waals surface area contributed by atoms with Gasteiger partial charge in [-0.1, -0.05) is 12.1 Å². The van der Waals surface area contributed by atoms with E-state index in [1.54, 1.807) is 18.2 Å². The molecule has 0 aliphatic heterocycles. The van der Waals surface area contributed by atoms with Gasteiger partial charge in [0.2, 0.25) is 0 Å². The smallest absolute Gasteiger partial charge is 0.162 e. The van der Waals surface area contributed by atoms with Crippen LogP contribution in [-0.4, -0.2) is 18.3 Å². The summed E-state index contributed by atoms with van der Waals surface area (Å²) in [6, 6.07) is 4.88. The SMILES string of the molecule is CCOc1cccc([C@H](N)CN)c1O.Cl. The largest absolute Gasteiger partial charge is 0.504 e. The first kappa shape index (κ1) is 14.0. The molecule has 5 N–H and O–H groups in total. The number of phenols is 1. The molecule has 0 unspecified atom stereocenters. The van der Waals surface area contributed by atoms with Crippen molar-refractivity contribution in [1.82, 2.24) is 0 Å². The van der Waals surface area contributed by atoms with Crippen molar-refractivity contribution in [3.63, 3.8) is 0 Å². The molecule has 0 aliphatic carbocycles. The number of benzene rings is 1. The van der Waals surface area contributed by atoms with Crippen molar-refractivity contribution in [3.8, 4) is 11.5 Å². The molecule has 4 nitrogen and oxygen atoms in total. The number of para-hydroxylation sites is 1. The number of hydrogen-bond donors (Lipinski definition) is 3. The maximum absolute atomic E-state index is 9.76. The zero-order chi connectivity index (χ0) is 10.6. The molecule has 5 heteroatoms. The third-order valence-electron chi connectivity index (χ3n) is 1.98. The van der Waals surface area contributed by atoms with Crippen LogP contribution in [0, 0.1) is 0 Å². The molecule has 1 aromatic carbocycles. The van der Waals surface area contributed by atoms with E-state index in [1.165, 1.54) is 0 Å². The van der Waals surface area contributed by atoms with E-state index >= 15 is 0 Å². The Bertz CT molecular complexity index is 307. The second-order valence-corrected chi connectivity index (χ2v) is 2.97. The lowest BCUT2D eigenvalue weighted by atomic mass is 10.1. The Morgan fingerprint density at radius 2 is 2.13 bits per heavy atom. The topological polar surface area (TPSA) is 81.5 Å². The van der Waals surface area contributed by atoms with Crippen molar-refractivity contribution in [2.45, 2.75) is 13.0 Å². The number of halogens is 1. The highest BCUT2D eigenvalue weighted by molar-refractivity contribution is 5.85. The van der Waals surface area contributed by atoms with Gasteiger partial charge in [-0.25, -0.2) is 0 Å². The van der Waals surface area contributed by atoms with E-state index in [1.807, 2.05) is 6.92 Å². The second-order valence-electron chi connectivity index (χ2n) is 2.97. The van der Waals surface area contributed by atoms with Gasteiger partial charge in [0, 0.05) is 18.2 Å². The molecule has 0 fully saturated rings. The first-order valence-electron chi connectivity index (χ1n) is 4.61. The third-order valence-corrected chi connectivity index (χ3v) is 1.98. The minimum Gasteiger partial charge on any atom is -0.504 e. The standard InChI is InChI=1S/C10H16N2O2.ClH/c1-2-14-9-5-3-4-7(10(9)13)8(12)6-11;/h3-5,8,13H,2,6,11-12H2,1H3;1H/t8-;/m1./s1. The van der Waals surface area contributed by atoms with Gasteiger partial charge < -0.3 is 21.3 Å². The maximum atomic E-state index is 9.76. The minimum atomic E-state index is -0.351. The number of nitrogens with two attached hydrogens (primary N) is 2. The van der Waals surface area contributed by atoms with E-state index in [0.29, 0.717) is 24.5 Å². The lowest BCUT2D eigenvalue weighted by Crippen LogP contribution is -2.20. The molecule has 1 aromatic rings. The van der Waals surface area contributed by atoms with Gasteiger partial charge in [-0.05, 0) is 13.0 Å². The number of aromatic hydroxyl groups is 1. The van der Waals surface area contributed by atoms with Crippen molar-refractivity contribution >= 4 is 12.4 Å². The summed E-state index contributed by atoms with van der Waals surface area (Å²) < 4.78 is 5.23. The molecule has 1 atom stereocenters. The molecule has 0 aliphatic rings. The van der Waals surface area contributed by atoms with E-state index in [-0.39, 0.29) is 24.2 Å². The van der Waals surface area contributed by atoms with E-state index in [4.69, 9.17) is 16.2 Å². The van der Waals surface area contributed by atoms with Gasteiger partial charge in [0.15, 0.2) is 11.5 Å². The van der Waals surface area contributed by atoms with Crippen molar-refractivity contribution < 1.29 is 9.84 Å². The number of rotatable bonds is 4. The Hall–Kier alpha value is -0.970. The average molecular weight is 233 g/mol. The predicted molar refractivity (Wildman–Crippen MR) is 62.5 cm³/mol. The Kier molecular flexibility index (Phi) is 6.08. The van der Waals surface area contributed by atoms with Gasteiger partial charge in [-0.15, -0.1) is 12.4 Å². The summed E-state index contributed by atoms with van der Waals surface area (Å²) in [4.78, 5) is 0. The molecule has 86 valence electrons. The van der Waals surface area contributed by atoms with E-state index in [9.17, 15) is 5.11 Å². The zero-order valence-electron chi connectivity index (χ0n) is 8.64. The maximum Gasteiger partial charge on any atom is 0.162 e. The highest BCUT2D eigenvalue weighted by Gasteiger charge is 2.12. The zero-order valence-corrected chi connectivity index (χ0v) is 9.46. The van der Waals surface area contributed by atoms with Gasteiger partial charge in [0.25, 0.3) is 0 Å². The van der Waals surface area contributed by atoms with Crippen LogP contribution < -0.4 is 16.2 Å². The van der Waals surface area contributed by atoms with Crippen LogP contribution in [0.2, 0.25) is 0 Å². The summed E-state index contributed by atoms with van der Waals surface area (Å²) in [5.74, 6) is 0.543. The average Bonchev–Trinajstić information content (AvgIpc) is 2.20. The van der Waals surface area contributed by atoms with Gasteiger partial charge >= 0.3 is 0 Å². The summed E-state index contributed by atoms with van der Waals surface area (Å²) in [6.45, 7) is 2.66. The number of hydrogen-bond acceptors (Lipinski definition) is 4. The molecule has 0 saturated heterocycles. The van der Waals surface area contributed by atoms with E-state index in [0.717, 1.165) is 0 Å². The van der Waals surface area contributed by atoms with Gasteiger partial charge in [0.05, 0.1) is 6.61 Å². The van der Waals surface area contributed by atoms with E-state index in [2.05, 4.69) is 0 Å². The molecule has 0 saturated carbocycles. The summed E-state index contributed by atoms with van der Waals surface area (Å²) in [7, 11) is 0. The van der Waals surface area contributed by atoms with Crippen molar-refractivity contribution in [2.75, 3.05) is 13.2 Å². The van der Waals surface area contributed by atoms with Gasteiger partial charge in [-0.2, -0.15) is 0 Å². The van der Waals surface area contributed by atoms with Crippen LogP contribution in [0.3, 0.4) is 0 Å². The molecule has 15 heavy (non-hydrogen) atoms. The second kappa shape index (κ2) is 6.50. The highest BCUT2D eigenvalue weighted by atomic mass is 35.5. The summed E-state index contributed by atoms with van der Waals surface area (Å²) >= 11 is 0. The summed E-state index contributed by atoms with van der Waals surface area (Å²) in [5, 5.41) is 9.76. The molecule has 0 bridgehead atoms. The van der Waals surface area contributed by atoms with Crippen LogP contribution in [0.25, 0.3) is 0 Å². The van der Waals surface area contributed by atoms with Gasteiger partial charge in [-0.3, -0.25) is 0 Å². The van der Waals surface area contributed by atoms with Crippen molar-refractivity contribution in [2.24, 2.45) is 11.5 Å². The fourth-order valence-electron chi connectivity index (χ4n) is 1.24. The summed E-state index contributed by atoms with van der Waals surface area (Å²) in [5.41, 5.74) is 11.8. The van der Waals surface area contributed by atoms with Gasteiger partial charge in [0.1, 0.15) is 0 Å². The monoisotopic (exact) mass is 232 g/mol. The Morgan fingerprint density at radius 3 is 2.67 bits per heavy atom. The lowest BCUT2D eigenvalue weighted by molar-refractivity contribution is 0.316. The van der Waals surface area contributed by atoms with E-state index < -0.39 is 0 Å². The highest BCUT2D eigenvalue weighted by Crippen LogP contribution is 2.32. The first-order chi connectivity index (χ1) is 6.70. The molecule has 0 aromatic heterocycles. The number of ether oxygens (including phenoxy) is 1. The quantitative estimate of drug-likeness (QED) is 0.728. The molecule has 0 spiro atoms. The van der Waals surface area contributed by atoms with Crippen LogP contribution in [0.15, 0.2) is 18.2 Å². The first-order valence-corrected chi connectivity index (χ1v) is 4.61. The summed E-state index contributed by atoms with van der Waals surface area (Å²) in [6.07, 6.45) is 0. The Balaban J connectivity index is 0.00000196. The fourth-order valence-corrected chi connectivity index (χ4v) is 1.24. The number of phenolic OH excluding ortho intramolecular Hbond substituents is 1. The van der Waals surface area contributed by atoms with Crippen LogP contribution in [0.5, 0.6) is 11.5 Å². The minimum absolute atomic E-state index is 0.